The van der Waals surface area contributed by atoms with Crippen molar-refractivity contribution in [3.8, 4) is 0 Å². The van der Waals surface area contributed by atoms with Crippen LogP contribution >= 0.6 is 0 Å². The van der Waals surface area contributed by atoms with Crippen LogP contribution in [0.1, 0.15) is 32.6 Å². The van der Waals surface area contributed by atoms with Crippen LogP contribution in [0.2, 0.25) is 0 Å². The van der Waals surface area contributed by atoms with Crippen LogP contribution in [0.25, 0.3) is 0 Å². The molecule has 3 fully saturated rings. The van der Waals surface area contributed by atoms with Gasteiger partial charge in [0.2, 0.25) is 5.95 Å². The Kier molecular flexibility index (Phi) is 4.96. The Morgan fingerprint density at radius 2 is 1.96 bits per heavy atom. The van der Waals surface area contributed by atoms with E-state index in [1.54, 1.807) is 0 Å². The summed E-state index contributed by atoms with van der Waals surface area (Å²) >= 11 is 0. The molecule has 0 amide bonds. The fourth-order valence-corrected chi connectivity index (χ4v) is 4.64. The van der Waals surface area contributed by atoms with E-state index in [0.717, 1.165) is 44.0 Å². The van der Waals surface area contributed by atoms with Gasteiger partial charge in [-0.05, 0) is 50.1 Å². The van der Waals surface area contributed by atoms with E-state index in [9.17, 15) is 0 Å². The highest BCUT2D eigenvalue weighted by atomic mass is 15.4. The summed E-state index contributed by atoms with van der Waals surface area (Å²) in [6.45, 7) is 7.92. The molecular formula is C18H30N6. The standard InChI is InChI=1S/C18H30N6/c1-14-4-5-16-15(12-14)17(22-21-16)13-23-8-3-9-24(11-10-23)18-19-6-2-7-20-18/h2,6-7,14-17,21-22H,3-5,8-13H2,1H3. The highest BCUT2D eigenvalue weighted by molar-refractivity contribution is 5.28. The van der Waals surface area contributed by atoms with Gasteiger partial charge in [0, 0.05) is 50.7 Å². The Labute approximate surface area is 145 Å². The second-order valence-corrected chi connectivity index (χ2v) is 7.77. The second kappa shape index (κ2) is 7.33. The van der Waals surface area contributed by atoms with Gasteiger partial charge in [-0.25, -0.2) is 9.97 Å². The summed E-state index contributed by atoms with van der Waals surface area (Å²) in [6, 6.07) is 3.17. The number of nitrogens with one attached hydrogen (secondary N) is 2. The third-order valence-electron chi connectivity index (χ3n) is 6.01. The Balaban J connectivity index is 1.33. The summed E-state index contributed by atoms with van der Waals surface area (Å²) in [6.07, 6.45) is 8.93. The van der Waals surface area contributed by atoms with E-state index < -0.39 is 0 Å². The average molecular weight is 330 g/mol. The Hall–Kier alpha value is -1.24. The summed E-state index contributed by atoms with van der Waals surface area (Å²) in [5.41, 5.74) is 7.16. The van der Waals surface area contributed by atoms with Crippen LogP contribution in [0, 0.1) is 11.8 Å². The molecule has 0 spiro atoms. The minimum Gasteiger partial charge on any atom is -0.339 e. The molecule has 0 radical (unpaired) electrons. The molecule has 1 aromatic rings. The molecule has 4 unspecified atom stereocenters. The van der Waals surface area contributed by atoms with E-state index in [2.05, 4.69) is 37.5 Å². The molecule has 3 aliphatic rings. The highest BCUT2D eigenvalue weighted by Gasteiger charge is 2.39. The van der Waals surface area contributed by atoms with Gasteiger partial charge in [0.25, 0.3) is 0 Å². The predicted molar refractivity (Wildman–Crippen MR) is 95.7 cm³/mol. The van der Waals surface area contributed by atoms with Gasteiger partial charge in [0.05, 0.1) is 0 Å². The lowest BCUT2D eigenvalue weighted by Crippen LogP contribution is -2.44. The van der Waals surface area contributed by atoms with Crippen molar-refractivity contribution in [1.29, 1.82) is 0 Å². The minimum atomic E-state index is 0.595. The van der Waals surface area contributed by atoms with Crippen LogP contribution < -0.4 is 15.8 Å². The molecule has 6 nitrogen and oxygen atoms in total. The van der Waals surface area contributed by atoms with E-state index in [4.69, 9.17) is 0 Å². The third-order valence-corrected chi connectivity index (χ3v) is 6.01. The topological polar surface area (TPSA) is 56.3 Å². The van der Waals surface area contributed by atoms with E-state index >= 15 is 0 Å². The van der Waals surface area contributed by atoms with Crippen LogP contribution in [0.15, 0.2) is 18.5 Å². The minimum absolute atomic E-state index is 0.595. The molecule has 4 rings (SSSR count). The molecular weight excluding hydrogens is 300 g/mol. The number of nitrogens with zero attached hydrogens (tertiary/aromatic N) is 4. The fourth-order valence-electron chi connectivity index (χ4n) is 4.64. The van der Waals surface area contributed by atoms with Gasteiger partial charge in [-0.2, -0.15) is 0 Å². The van der Waals surface area contributed by atoms with E-state index in [1.807, 2.05) is 18.5 Å². The molecule has 1 aromatic heterocycles. The predicted octanol–water partition coefficient (Wildman–Crippen LogP) is 1.27. The maximum absolute atomic E-state index is 4.41. The van der Waals surface area contributed by atoms with Gasteiger partial charge in [-0.3, -0.25) is 15.8 Å². The number of rotatable bonds is 3. The normalized spacial score (nSPS) is 34.8. The quantitative estimate of drug-likeness (QED) is 0.870. The summed E-state index contributed by atoms with van der Waals surface area (Å²) in [7, 11) is 0. The maximum atomic E-state index is 4.41. The van der Waals surface area contributed by atoms with Gasteiger partial charge in [-0.1, -0.05) is 6.92 Å². The monoisotopic (exact) mass is 330 g/mol. The number of fused-ring (bicyclic) bond motifs is 1. The zero-order valence-corrected chi connectivity index (χ0v) is 14.7. The van der Waals surface area contributed by atoms with Crippen molar-refractivity contribution in [1.82, 2.24) is 25.7 Å². The number of anilines is 1. The van der Waals surface area contributed by atoms with Gasteiger partial charge in [-0.15, -0.1) is 0 Å². The molecule has 1 aliphatic carbocycles. The first-order chi connectivity index (χ1) is 11.8. The molecule has 0 bridgehead atoms. The van der Waals surface area contributed by atoms with Crippen molar-refractivity contribution in [2.24, 2.45) is 11.8 Å². The molecule has 2 saturated heterocycles. The van der Waals surface area contributed by atoms with E-state index in [1.165, 1.54) is 32.2 Å². The lowest BCUT2D eigenvalue weighted by Gasteiger charge is -2.33. The Morgan fingerprint density at radius 1 is 1.08 bits per heavy atom. The first kappa shape index (κ1) is 16.2. The molecule has 2 N–H and O–H groups in total. The van der Waals surface area contributed by atoms with Crippen LogP contribution in [0.4, 0.5) is 5.95 Å². The first-order valence-corrected chi connectivity index (χ1v) is 9.55. The molecule has 4 atom stereocenters. The van der Waals surface area contributed by atoms with Crippen LogP contribution in [0.3, 0.4) is 0 Å². The lowest BCUT2D eigenvalue weighted by molar-refractivity contribution is 0.200. The summed E-state index contributed by atoms with van der Waals surface area (Å²) < 4.78 is 0. The molecule has 3 heterocycles. The number of aromatic nitrogens is 2. The van der Waals surface area contributed by atoms with Crippen LogP contribution in [-0.2, 0) is 0 Å². The highest BCUT2D eigenvalue weighted by Crippen LogP contribution is 2.34. The molecule has 2 aliphatic heterocycles. The first-order valence-electron chi connectivity index (χ1n) is 9.55. The lowest BCUT2D eigenvalue weighted by atomic mass is 9.76. The van der Waals surface area contributed by atoms with E-state index in [-0.39, 0.29) is 0 Å². The number of hydrogen-bond donors (Lipinski definition) is 2. The SMILES string of the molecule is CC1CCC2NNC(CN3CCCN(c4ncccn4)CC3)C2C1. The van der Waals surface area contributed by atoms with Gasteiger partial charge in [0.1, 0.15) is 0 Å². The maximum Gasteiger partial charge on any atom is 0.225 e. The largest absolute Gasteiger partial charge is 0.339 e. The van der Waals surface area contributed by atoms with Crippen molar-refractivity contribution < 1.29 is 0 Å². The summed E-state index contributed by atoms with van der Waals surface area (Å²) in [5.74, 6) is 2.55. The fraction of sp³-hybridized carbons (Fsp3) is 0.778. The Morgan fingerprint density at radius 3 is 2.83 bits per heavy atom. The van der Waals surface area contributed by atoms with E-state index in [0.29, 0.717) is 12.1 Å². The average Bonchev–Trinajstić information content (AvgIpc) is 2.85. The summed E-state index contributed by atoms with van der Waals surface area (Å²) in [4.78, 5) is 13.8. The van der Waals surface area contributed by atoms with Crippen LogP contribution in [-0.4, -0.2) is 59.7 Å². The molecule has 132 valence electrons. The van der Waals surface area contributed by atoms with Gasteiger partial charge in [0.15, 0.2) is 0 Å². The van der Waals surface area contributed by atoms with Gasteiger partial charge < -0.3 is 4.90 Å². The third kappa shape index (κ3) is 3.55. The molecule has 1 saturated carbocycles. The number of hydrogen-bond acceptors (Lipinski definition) is 6. The smallest absolute Gasteiger partial charge is 0.225 e. The molecule has 0 aromatic carbocycles. The zero-order valence-electron chi connectivity index (χ0n) is 14.7. The van der Waals surface area contributed by atoms with Gasteiger partial charge >= 0.3 is 0 Å². The zero-order chi connectivity index (χ0) is 16.4. The van der Waals surface area contributed by atoms with Crippen molar-refractivity contribution >= 4 is 5.95 Å². The number of hydrazine groups is 1. The van der Waals surface area contributed by atoms with Crippen molar-refractivity contribution in [2.75, 3.05) is 37.6 Å². The van der Waals surface area contributed by atoms with Crippen molar-refractivity contribution in [2.45, 2.75) is 44.7 Å². The van der Waals surface area contributed by atoms with Crippen molar-refractivity contribution in [3.05, 3.63) is 18.5 Å². The van der Waals surface area contributed by atoms with Crippen molar-refractivity contribution in [3.63, 3.8) is 0 Å². The van der Waals surface area contributed by atoms with Crippen LogP contribution in [0.5, 0.6) is 0 Å². The molecule has 6 heteroatoms. The Bertz CT molecular complexity index is 524. The molecule has 24 heavy (non-hydrogen) atoms. The second-order valence-electron chi connectivity index (χ2n) is 7.77. The summed E-state index contributed by atoms with van der Waals surface area (Å²) in [5, 5.41) is 0.